The molecule has 0 aromatic rings. The van der Waals surface area contributed by atoms with Gasteiger partial charge in [0.1, 0.15) is 0 Å². The molecule has 4 nitrogen and oxygen atoms in total. The summed E-state index contributed by atoms with van der Waals surface area (Å²) in [5.41, 5.74) is -0.810. The van der Waals surface area contributed by atoms with Crippen LogP contribution in [0.1, 0.15) is 85.0 Å². The Kier molecular flexibility index (Phi) is 11.0. The van der Waals surface area contributed by atoms with E-state index in [9.17, 15) is 14.7 Å². The molecule has 21 heavy (non-hydrogen) atoms. The van der Waals surface area contributed by atoms with Crippen LogP contribution in [0.25, 0.3) is 0 Å². The van der Waals surface area contributed by atoms with E-state index in [-0.39, 0.29) is 12.5 Å². The van der Waals surface area contributed by atoms with Crippen LogP contribution in [0.15, 0.2) is 0 Å². The minimum absolute atomic E-state index is 0.0175. The molecule has 0 aliphatic rings. The molecule has 0 heterocycles. The summed E-state index contributed by atoms with van der Waals surface area (Å²) in [6, 6.07) is 0. The van der Waals surface area contributed by atoms with Crippen molar-refractivity contribution in [3.8, 4) is 0 Å². The van der Waals surface area contributed by atoms with Crippen LogP contribution in [-0.2, 0) is 9.59 Å². The van der Waals surface area contributed by atoms with Gasteiger partial charge in [-0.25, -0.2) is 0 Å². The highest BCUT2D eigenvalue weighted by molar-refractivity contribution is 5.79. The second-order valence-corrected chi connectivity index (χ2v) is 5.94. The van der Waals surface area contributed by atoms with Gasteiger partial charge < -0.3 is 10.4 Å². The Bertz CT molecular complexity index is 298. The van der Waals surface area contributed by atoms with Crippen LogP contribution >= 0.6 is 0 Å². The SMILES string of the molecule is CCCCCCCCCC(=O)NCC(CC)(CC)C(=O)O. The molecule has 0 bridgehead atoms. The van der Waals surface area contributed by atoms with Crippen LogP contribution in [0, 0.1) is 5.41 Å². The summed E-state index contributed by atoms with van der Waals surface area (Å²) in [7, 11) is 0. The Balaban J connectivity index is 3.82. The van der Waals surface area contributed by atoms with Gasteiger partial charge in [0.05, 0.1) is 5.41 Å². The normalized spacial score (nSPS) is 11.4. The maximum atomic E-state index is 11.8. The molecule has 0 aliphatic heterocycles. The van der Waals surface area contributed by atoms with E-state index < -0.39 is 11.4 Å². The summed E-state index contributed by atoms with van der Waals surface area (Å²) in [4.78, 5) is 23.1. The standard InChI is InChI=1S/C17H33NO3/c1-4-7-8-9-10-11-12-13-15(19)18-14-17(5-2,6-3)16(20)21/h4-14H2,1-3H3,(H,18,19)(H,20,21). The number of hydrogen-bond acceptors (Lipinski definition) is 2. The number of unbranched alkanes of at least 4 members (excludes halogenated alkanes) is 6. The average molecular weight is 299 g/mol. The maximum Gasteiger partial charge on any atom is 0.311 e. The lowest BCUT2D eigenvalue weighted by Crippen LogP contribution is -2.42. The molecule has 0 atom stereocenters. The molecule has 0 saturated carbocycles. The van der Waals surface area contributed by atoms with Crippen molar-refractivity contribution in [3.63, 3.8) is 0 Å². The molecule has 0 radical (unpaired) electrons. The zero-order chi connectivity index (χ0) is 16.1. The van der Waals surface area contributed by atoms with Crippen LogP contribution in [0.5, 0.6) is 0 Å². The quantitative estimate of drug-likeness (QED) is 0.502. The molecule has 0 aromatic heterocycles. The molecule has 124 valence electrons. The average Bonchev–Trinajstić information content (AvgIpc) is 2.47. The number of nitrogens with one attached hydrogen (secondary N) is 1. The Labute approximate surface area is 129 Å². The molecule has 0 aromatic carbocycles. The van der Waals surface area contributed by atoms with E-state index in [0.29, 0.717) is 19.3 Å². The molecule has 2 N–H and O–H groups in total. The minimum atomic E-state index is -0.816. The van der Waals surface area contributed by atoms with Crippen molar-refractivity contribution in [2.75, 3.05) is 6.54 Å². The van der Waals surface area contributed by atoms with Gasteiger partial charge >= 0.3 is 5.97 Å². The summed E-state index contributed by atoms with van der Waals surface area (Å²) in [6.45, 7) is 6.17. The Morgan fingerprint density at radius 3 is 1.90 bits per heavy atom. The number of rotatable bonds is 13. The molecule has 0 saturated heterocycles. The van der Waals surface area contributed by atoms with E-state index in [0.717, 1.165) is 12.8 Å². The van der Waals surface area contributed by atoms with Gasteiger partial charge in [0.2, 0.25) is 5.91 Å². The zero-order valence-corrected chi connectivity index (χ0v) is 14.0. The Morgan fingerprint density at radius 2 is 1.43 bits per heavy atom. The largest absolute Gasteiger partial charge is 0.481 e. The third-order valence-corrected chi connectivity index (χ3v) is 4.44. The number of carboxylic acid groups (broad SMARTS) is 1. The van der Waals surface area contributed by atoms with Crippen LogP contribution in [0.2, 0.25) is 0 Å². The van der Waals surface area contributed by atoms with Gasteiger partial charge in [0.25, 0.3) is 0 Å². The fourth-order valence-corrected chi connectivity index (χ4v) is 2.48. The van der Waals surface area contributed by atoms with Gasteiger partial charge in [0.15, 0.2) is 0 Å². The van der Waals surface area contributed by atoms with Gasteiger partial charge in [-0.1, -0.05) is 59.3 Å². The molecule has 1 amide bonds. The number of aliphatic carboxylic acids is 1. The first-order valence-electron chi connectivity index (χ1n) is 8.52. The van der Waals surface area contributed by atoms with Crippen molar-refractivity contribution in [3.05, 3.63) is 0 Å². The third-order valence-electron chi connectivity index (χ3n) is 4.44. The lowest BCUT2D eigenvalue weighted by Gasteiger charge is -2.26. The molecular formula is C17H33NO3. The topological polar surface area (TPSA) is 66.4 Å². The van der Waals surface area contributed by atoms with E-state index in [2.05, 4.69) is 12.2 Å². The van der Waals surface area contributed by atoms with Crippen molar-refractivity contribution in [1.82, 2.24) is 5.32 Å². The molecule has 0 unspecified atom stereocenters. The van der Waals surface area contributed by atoms with Crippen LogP contribution in [0.4, 0.5) is 0 Å². The van der Waals surface area contributed by atoms with Crippen molar-refractivity contribution >= 4 is 11.9 Å². The van der Waals surface area contributed by atoms with E-state index in [1.54, 1.807) is 0 Å². The highest BCUT2D eigenvalue weighted by Crippen LogP contribution is 2.25. The minimum Gasteiger partial charge on any atom is -0.481 e. The lowest BCUT2D eigenvalue weighted by atomic mass is 9.82. The number of carbonyl (C=O) groups excluding carboxylic acids is 1. The van der Waals surface area contributed by atoms with Crippen LogP contribution in [0.3, 0.4) is 0 Å². The second-order valence-electron chi connectivity index (χ2n) is 5.94. The second kappa shape index (κ2) is 11.6. The summed E-state index contributed by atoms with van der Waals surface area (Å²) >= 11 is 0. The maximum absolute atomic E-state index is 11.8. The molecule has 0 aliphatic carbocycles. The van der Waals surface area contributed by atoms with Crippen molar-refractivity contribution < 1.29 is 14.7 Å². The molecule has 4 heteroatoms. The fraction of sp³-hybridized carbons (Fsp3) is 0.882. The van der Waals surface area contributed by atoms with Crippen LogP contribution < -0.4 is 5.32 Å². The molecule has 0 fully saturated rings. The van der Waals surface area contributed by atoms with Crippen molar-refractivity contribution in [2.45, 2.75) is 85.0 Å². The summed E-state index contributed by atoms with van der Waals surface area (Å²) in [6.07, 6.45) is 9.85. The molecule has 0 rings (SSSR count). The van der Waals surface area contributed by atoms with Gasteiger partial charge in [-0.05, 0) is 19.3 Å². The van der Waals surface area contributed by atoms with E-state index in [1.165, 1.54) is 32.1 Å². The lowest BCUT2D eigenvalue weighted by molar-refractivity contribution is -0.149. The fourth-order valence-electron chi connectivity index (χ4n) is 2.48. The van der Waals surface area contributed by atoms with Crippen LogP contribution in [-0.4, -0.2) is 23.5 Å². The third kappa shape index (κ3) is 8.08. The number of amides is 1. The first kappa shape index (κ1) is 19.9. The van der Waals surface area contributed by atoms with E-state index >= 15 is 0 Å². The smallest absolute Gasteiger partial charge is 0.311 e. The highest BCUT2D eigenvalue weighted by atomic mass is 16.4. The first-order chi connectivity index (χ1) is 10.0. The van der Waals surface area contributed by atoms with Crippen molar-refractivity contribution in [2.24, 2.45) is 5.41 Å². The van der Waals surface area contributed by atoms with Crippen molar-refractivity contribution in [1.29, 1.82) is 0 Å². The van der Waals surface area contributed by atoms with E-state index in [1.807, 2.05) is 13.8 Å². The molecular weight excluding hydrogens is 266 g/mol. The first-order valence-corrected chi connectivity index (χ1v) is 8.52. The zero-order valence-electron chi connectivity index (χ0n) is 14.0. The summed E-state index contributed by atoms with van der Waals surface area (Å²) in [5.74, 6) is -0.834. The summed E-state index contributed by atoms with van der Waals surface area (Å²) < 4.78 is 0. The Morgan fingerprint density at radius 1 is 0.905 bits per heavy atom. The number of carbonyl (C=O) groups is 2. The van der Waals surface area contributed by atoms with E-state index in [4.69, 9.17) is 0 Å². The number of carboxylic acids is 1. The predicted octanol–water partition coefficient (Wildman–Crippen LogP) is 4.13. The Hall–Kier alpha value is -1.06. The monoisotopic (exact) mass is 299 g/mol. The van der Waals surface area contributed by atoms with Gasteiger partial charge in [-0.3, -0.25) is 9.59 Å². The molecule has 0 spiro atoms. The van der Waals surface area contributed by atoms with Gasteiger partial charge in [-0.15, -0.1) is 0 Å². The van der Waals surface area contributed by atoms with Gasteiger partial charge in [0, 0.05) is 13.0 Å². The number of hydrogen-bond donors (Lipinski definition) is 2. The predicted molar refractivity (Wildman–Crippen MR) is 86.3 cm³/mol. The van der Waals surface area contributed by atoms with Gasteiger partial charge in [-0.2, -0.15) is 0 Å². The highest BCUT2D eigenvalue weighted by Gasteiger charge is 2.34. The summed E-state index contributed by atoms with van der Waals surface area (Å²) in [5, 5.41) is 12.1.